The van der Waals surface area contributed by atoms with Gasteiger partial charge in [-0.3, -0.25) is 0 Å². The van der Waals surface area contributed by atoms with E-state index < -0.39 is 0 Å². The van der Waals surface area contributed by atoms with Crippen LogP contribution in [-0.4, -0.2) is 6.61 Å². The predicted octanol–water partition coefficient (Wildman–Crippen LogP) is 2.02. The molecule has 0 spiro atoms. The van der Waals surface area contributed by atoms with Crippen LogP contribution in [0.5, 0.6) is 0 Å². The number of hydrogen-bond acceptors (Lipinski definition) is 2. The molecule has 0 bridgehead atoms. The van der Waals surface area contributed by atoms with Crippen molar-refractivity contribution in [2.45, 2.75) is 6.42 Å². The van der Waals surface area contributed by atoms with E-state index in [1.165, 1.54) is 6.07 Å². The average Bonchev–Trinajstić information content (AvgIpc) is 2.04. The molecule has 0 aliphatic heterocycles. The molecule has 0 atom stereocenters. The molecule has 12 heavy (non-hydrogen) atoms. The molecular formula is C8H9BrFNO. The first kappa shape index (κ1) is 9.64. The van der Waals surface area contributed by atoms with E-state index >= 15 is 0 Å². The molecular weight excluding hydrogens is 225 g/mol. The summed E-state index contributed by atoms with van der Waals surface area (Å²) in [5.74, 6) is 4.60. The van der Waals surface area contributed by atoms with Gasteiger partial charge in [-0.05, 0) is 12.1 Å². The molecule has 0 heterocycles. The number of nitrogens with two attached hydrogens (primary N) is 1. The summed E-state index contributed by atoms with van der Waals surface area (Å²) in [6.07, 6.45) is 0.476. The van der Waals surface area contributed by atoms with Gasteiger partial charge in [-0.1, -0.05) is 22.0 Å². The molecule has 1 aromatic carbocycles. The lowest BCUT2D eigenvalue weighted by molar-refractivity contribution is 0.140. The Labute approximate surface area is 78.6 Å². The third-order valence-electron chi connectivity index (χ3n) is 1.53. The van der Waals surface area contributed by atoms with Crippen LogP contribution >= 0.6 is 15.9 Å². The predicted molar refractivity (Wildman–Crippen MR) is 47.9 cm³/mol. The van der Waals surface area contributed by atoms with Crippen molar-refractivity contribution in [2.75, 3.05) is 6.61 Å². The van der Waals surface area contributed by atoms with Crippen molar-refractivity contribution in [3.63, 3.8) is 0 Å². The highest BCUT2D eigenvalue weighted by Gasteiger charge is 2.04. The van der Waals surface area contributed by atoms with E-state index in [4.69, 9.17) is 5.90 Å². The van der Waals surface area contributed by atoms with Gasteiger partial charge in [0.1, 0.15) is 5.82 Å². The van der Waals surface area contributed by atoms with Gasteiger partial charge in [0.05, 0.1) is 6.61 Å². The first-order valence-corrected chi connectivity index (χ1v) is 4.29. The molecule has 0 aliphatic carbocycles. The zero-order valence-corrected chi connectivity index (χ0v) is 7.97. The highest BCUT2D eigenvalue weighted by Crippen LogP contribution is 2.19. The molecule has 0 aromatic heterocycles. The second-order valence-electron chi connectivity index (χ2n) is 2.32. The standard InChI is InChI=1S/C8H9BrFNO/c9-7-2-1-3-8(10)6(7)4-5-12-11/h1-3H,4-5,11H2. The van der Waals surface area contributed by atoms with Crippen molar-refractivity contribution in [3.8, 4) is 0 Å². The smallest absolute Gasteiger partial charge is 0.127 e. The van der Waals surface area contributed by atoms with E-state index in [1.54, 1.807) is 12.1 Å². The molecule has 2 nitrogen and oxygen atoms in total. The van der Waals surface area contributed by atoms with Crippen LogP contribution in [0.15, 0.2) is 22.7 Å². The zero-order chi connectivity index (χ0) is 8.97. The fraction of sp³-hybridized carbons (Fsp3) is 0.250. The fourth-order valence-electron chi connectivity index (χ4n) is 0.932. The Morgan fingerprint density at radius 2 is 2.25 bits per heavy atom. The highest BCUT2D eigenvalue weighted by molar-refractivity contribution is 9.10. The molecule has 2 N–H and O–H groups in total. The third kappa shape index (κ3) is 2.27. The Morgan fingerprint density at radius 1 is 1.50 bits per heavy atom. The lowest BCUT2D eigenvalue weighted by Gasteiger charge is -2.03. The van der Waals surface area contributed by atoms with Crippen LogP contribution in [0.2, 0.25) is 0 Å². The van der Waals surface area contributed by atoms with Gasteiger partial charge in [0.2, 0.25) is 0 Å². The highest BCUT2D eigenvalue weighted by atomic mass is 79.9. The maximum absolute atomic E-state index is 13.0. The minimum Gasteiger partial charge on any atom is -0.304 e. The van der Waals surface area contributed by atoms with E-state index in [0.29, 0.717) is 18.6 Å². The van der Waals surface area contributed by atoms with Gasteiger partial charge in [-0.25, -0.2) is 10.3 Å². The van der Waals surface area contributed by atoms with Gasteiger partial charge in [0, 0.05) is 16.5 Å². The average molecular weight is 234 g/mol. The van der Waals surface area contributed by atoms with Crippen LogP contribution in [0.3, 0.4) is 0 Å². The zero-order valence-electron chi connectivity index (χ0n) is 6.39. The number of hydrogen-bond donors (Lipinski definition) is 1. The Morgan fingerprint density at radius 3 is 2.83 bits per heavy atom. The summed E-state index contributed by atoms with van der Waals surface area (Å²) < 4.78 is 13.8. The Kier molecular flexibility index (Phi) is 3.65. The van der Waals surface area contributed by atoms with Crippen molar-refractivity contribution in [2.24, 2.45) is 5.90 Å². The molecule has 4 heteroatoms. The summed E-state index contributed by atoms with van der Waals surface area (Å²) in [6, 6.07) is 4.85. The molecule has 0 aliphatic rings. The third-order valence-corrected chi connectivity index (χ3v) is 2.27. The summed E-state index contributed by atoms with van der Waals surface area (Å²) >= 11 is 3.24. The van der Waals surface area contributed by atoms with Crippen LogP contribution in [0, 0.1) is 5.82 Å². The molecule has 0 radical (unpaired) electrons. The Balaban J connectivity index is 2.81. The minimum absolute atomic E-state index is 0.235. The van der Waals surface area contributed by atoms with Gasteiger partial charge < -0.3 is 4.84 Å². The number of halogens is 2. The molecule has 0 saturated heterocycles. The molecule has 0 amide bonds. The largest absolute Gasteiger partial charge is 0.304 e. The first-order chi connectivity index (χ1) is 5.75. The minimum atomic E-state index is -0.235. The van der Waals surface area contributed by atoms with Crippen molar-refractivity contribution in [1.29, 1.82) is 0 Å². The SMILES string of the molecule is NOCCc1c(F)cccc1Br. The molecule has 0 fully saturated rings. The molecule has 1 rings (SSSR count). The van der Waals surface area contributed by atoms with Crippen LogP contribution in [0.4, 0.5) is 4.39 Å². The van der Waals surface area contributed by atoms with Gasteiger partial charge in [-0.2, -0.15) is 0 Å². The monoisotopic (exact) mass is 233 g/mol. The molecule has 1 aromatic rings. The van der Waals surface area contributed by atoms with Crippen LogP contribution in [0.1, 0.15) is 5.56 Å². The molecule has 66 valence electrons. The lowest BCUT2D eigenvalue weighted by atomic mass is 10.1. The van der Waals surface area contributed by atoms with E-state index in [1.807, 2.05) is 0 Å². The van der Waals surface area contributed by atoms with Gasteiger partial charge in [0.25, 0.3) is 0 Å². The van der Waals surface area contributed by atoms with Gasteiger partial charge >= 0.3 is 0 Å². The quantitative estimate of drug-likeness (QED) is 0.812. The summed E-state index contributed by atoms with van der Waals surface area (Å²) in [4.78, 5) is 4.37. The fourth-order valence-corrected chi connectivity index (χ4v) is 1.47. The van der Waals surface area contributed by atoms with E-state index in [0.717, 1.165) is 4.47 Å². The van der Waals surface area contributed by atoms with Crippen molar-refractivity contribution in [1.82, 2.24) is 0 Å². The summed E-state index contributed by atoms with van der Waals surface area (Å²) in [5, 5.41) is 0. The van der Waals surface area contributed by atoms with Crippen molar-refractivity contribution >= 4 is 15.9 Å². The van der Waals surface area contributed by atoms with Crippen LogP contribution < -0.4 is 5.90 Å². The molecule has 0 unspecified atom stereocenters. The second kappa shape index (κ2) is 4.54. The van der Waals surface area contributed by atoms with Gasteiger partial charge in [-0.15, -0.1) is 0 Å². The van der Waals surface area contributed by atoms with E-state index in [-0.39, 0.29) is 5.82 Å². The summed E-state index contributed by atoms with van der Waals surface area (Å²) in [5.41, 5.74) is 0.600. The van der Waals surface area contributed by atoms with Crippen LogP contribution in [-0.2, 0) is 11.3 Å². The van der Waals surface area contributed by atoms with Gasteiger partial charge in [0.15, 0.2) is 0 Å². The number of benzene rings is 1. The second-order valence-corrected chi connectivity index (χ2v) is 3.18. The summed E-state index contributed by atoms with van der Waals surface area (Å²) in [7, 11) is 0. The summed E-state index contributed by atoms with van der Waals surface area (Å²) in [6.45, 7) is 0.319. The lowest BCUT2D eigenvalue weighted by Crippen LogP contribution is -2.05. The Bertz CT molecular complexity index is 247. The molecule has 0 saturated carbocycles. The number of rotatable bonds is 3. The Hall–Kier alpha value is -0.450. The normalized spacial score (nSPS) is 10.2. The topological polar surface area (TPSA) is 35.2 Å². The maximum Gasteiger partial charge on any atom is 0.127 e. The van der Waals surface area contributed by atoms with Crippen molar-refractivity contribution in [3.05, 3.63) is 34.1 Å². The van der Waals surface area contributed by atoms with Crippen molar-refractivity contribution < 1.29 is 9.23 Å². The van der Waals surface area contributed by atoms with Crippen LogP contribution in [0.25, 0.3) is 0 Å². The first-order valence-electron chi connectivity index (χ1n) is 3.50. The maximum atomic E-state index is 13.0. The van der Waals surface area contributed by atoms with E-state index in [2.05, 4.69) is 20.8 Å². The van der Waals surface area contributed by atoms with E-state index in [9.17, 15) is 4.39 Å².